The first kappa shape index (κ1) is 16.2. The summed E-state index contributed by atoms with van der Waals surface area (Å²) in [7, 11) is 0. The second kappa shape index (κ2) is 6.56. The standard InChI is InChI=1S/C14H22N2O4/c1-9-7-10(20-12(9)13(18)19)8-15-6-5-11(17)16-14(2,3)4/h7,15H,5-6,8H2,1-4H3,(H,16,17)(H,18,19). The molecule has 0 aliphatic heterocycles. The van der Waals surface area contributed by atoms with E-state index in [1.807, 2.05) is 20.8 Å². The molecule has 0 fully saturated rings. The molecule has 0 unspecified atom stereocenters. The lowest BCUT2D eigenvalue weighted by Crippen LogP contribution is -2.41. The molecule has 1 amide bonds. The maximum absolute atomic E-state index is 11.6. The molecule has 0 aliphatic carbocycles. The highest BCUT2D eigenvalue weighted by Crippen LogP contribution is 2.14. The minimum absolute atomic E-state index is 0.0214. The number of aromatic carboxylic acids is 1. The van der Waals surface area contributed by atoms with E-state index < -0.39 is 5.97 Å². The molecule has 0 spiro atoms. The summed E-state index contributed by atoms with van der Waals surface area (Å²) in [5.41, 5.74) is 0.366. The van der Waals surface area contributed by atoms with Gasteiger partial charge in [0.25, 0.3) is 0 Å². The van der Waals surface area contributed by atoms with Crippen molar-refractivity contribution in [2.75, 3.05) is 6.54 Å². The van der Waals surface area contributed by atoms with Gasteiger partial charge in [0.1, 0.15) is 5.76 Å². The Morgan fingerprint density at radius 2 is 2.00 bits per heavy atom. The van der Waals surface area contributed by atoms with Crippen LogP contribution < -0.4 is 10.6 Å². The molecule has 1 rings (SSSR count). The number of hydrogen-bond acceptors (Lipinski definition) is 4. The zero-order chi connectivity index (χ0) is 15.3. The number of amides is 1. The van der Waals surface area contributed by atoms with E-state index in [1.54, 1.807) is 13.0 Å². The van der Waals surface area contributed by atoms with E-state index in [1.165, 1.54) is 0 Å². The number of furan rings is 1. The minimum Gasteiger partial charge on any atom is -0.475 e. The zero-order valence-corrected chi connectivity index (χ0v) is 12.4. The molecule has 0 aromatic carbocycles. The van der Waals surface area contributed by atoms with Gasteiger partial charge in [-0.15, -0.1) is 0 Å². The van der Waals surface area contributed by atoms with Crippen molar-refractivity contribution in [2.24, 2.45) is 0 Å². The highest BCUT2D eigenvalue weighted by Gasteiger charge is 2.15. The summed E-state index contributed by atoms with van der Waals surface area (Å²) in [5, 5.41) is 14.8. The Kier molecular flexibility index (Phi) is 5.33. The molecule has 1 heterocycles. The van der Waals surface area contributed by atoms with Crippen LogP contribution in [0.1, 0.15) is 49.1 Å². The van der Waals surface area contributed by atoms with Crippen molar-refractivity contribution in [3.8, 4) is 0 Å². The molecule has 6 heteroatoms. The van der Waals surface area contributed by atoms with Gasteiger partial charge in [-0.25, -0.2) is 4.79 Å². The Morgan fingerprint density at radius 1 is 1.35 bits per heavy atom. The molecule has 0 aliphatic rings. The van der Waals surface area contributed by atoms with Crippen LogP contribution in [0.25, 0.3) is 0 Å². The summed E-state index contributed by atoms with van der Waals surface area (Å²) in [4.78, 5) is 22.4. The smallest absolute Gasteiger partial charge is 0.372 e. The van der Waals surface area contributed by atoms with E-state index >= 15 is 0 Å². The van der Waals surface area contributed by atoms with E-state index in [0.717, 1.165) is 0 Å². The first-order chi connectivity index (χ1) is 9.19. The Bertz CT molecular complexity index is 486. The van der Waals surface area contributed by atoms with E-state index in [2.05, 4.69) is 10.6 Å². The summed E-state index contributed by atoms with van der Waals surface area (Å²) in [6.45, 7) is 8.38. The number of hydrogen-bond donors (Lipinski definition) is 3. The molecule has 20 heavy (non-hydrogen) atoms. The summed E-state index contributed by atoms with van der Waals surface area (Å²) in [5.74, 6) is -0.575. The van der Waals surface area contributed by atoms with Gasteiger partial charge in [0.15, 0.2) is 0 Å². The maximum Gasteiger partial charge on any atom is 0.372 e. The number of carbonyl (C=O) groups excluding carboxylic acids is 1. The zero-order valence-electron chi connectivity index (χ0n) is 12.4. The molecule has 1 aromatic heterocycles. The van der Waals surface area contributed by atoms with Crippen LogP contribution in [0.3, 0.4) is 0 Å². The first-order valence-corrected chi connectivity index (χ1v) is 6.53. The molecule has 3 N–H and O–H groups in total. The molecule has 0 saturated carbocycles. The number of aryl methyl sites for hydroxylation is 1. The molecular formula is C14H22N2O4. The average Bonchev–Trinajstić information content (AvgIpc) is 2.64. The normalized spacial score (nSPS) is 11.4. The van der Waals surface area contributed by atoms with Gasteiger partial charge in [0, 0.05) is 24.1 Å². The van der Waals surface area contributed by atoms with Gasteiger partial charge >= 0.3 is 5.97 Å². The van der Waals surface area contributed by atoms with Crippen LogP contribution in [-0.2, 0) is 11.3 Å². The van der Waals surface area contributed by atoms with E-state index in [-0.39, 0.29) is 17.2 Å². The quantitative estimate of drug-likeness (QED) is 0.690. The highest BCUT2D eigenvalue weighted by atomic mass is 16.4. The van der Waals surface area contributed by atoms with Gasteiger partial charge < -0.3 is 20.2 Å². The fraction of sp³-hybridized carbons (Fsp3) is 0.571. The van der Waals surface area contributed by atoms with Gasteiger partial charge in [-0.1, -0.05) is 0 Å². The molecule has 0 saturated heterocycles. The first-order valence-electron chi connectivity index (χ1n) is 6.53. The predicted molar refractivity (Wildman–Crippen MR) is 74.6 cm³/mol. The molecule has 1 aromatic rings. The summed E-state index contributed by atoms with van der Waals surface area (Å²) in [6.07, 6.45) is 0.364. The molecule has 0 atom stereocenters. The molecular weight excluding hydrogens is 260 g/mol. The maximum atomic E-state index is 11.6. The van der Waals surface area contributed by atoms with E-state index in [4.69, 9.17) is 9.52 Å². The van der Waals surface area contributed by atoms with Crippen molar-refractivity contribution < 1.29 is 19.1 Å². The van der Waals surface area contributed by atoms with Crippen molar-refractivity contribution in [3.63, 3.8) is 0 Å². The second-order valence-corrected chi connectivity index (χ2v) is 5.75. The van der Waals surface area contributed by atoms with Crippen LogP contribution in [0.4, 0.5) is 0 Å². The third-order valence-electron chi connectivity index (χ3n) is 2.51. The van der Waals surface area contributed by atoms with Crippen LogP contribution in [0.15, 0.2) is 10.5 Å². The van der Waals surface area contributed by atoms with Gasteiger partial charge in [-0.2, -0.15) is 0 Å². The van der Waals surface area contributed by atoms with Crippen molar-refractivity contribution in [1.82, 2.24) is 10.6 Å². The van der Waals surface area contributed by atoms with Crippen molar-refractivity contribution in [3.05, 3.63) is 23.2 Å². The number of rotatable bonds is 6. The third-order valence-corrected chi connectivity index (χ3v) is 2.51. The van der Waals surface area contributed by atoms with Gasteiger partial charge in [-0.3, -0.25) is 4.79 Å². The lowest BCUT2D eigenvalue weighted by molar-refractivity contribution is -0.122. The monoisotopic (exact) mass is 282 g/mol. The lowest BCUT2D eigenvalue weighted by atomic mass is 10.1. The second-order valence-electron chi connectivity index (χ2n) is 5.75. The Labute approximate surface area is 118 Å². The van der Waals surface area contributed by atoms with Gasteiger partial charge in [0.05, 0.1) is 6.54 Å². The van der Waals surface area contributed by atoms with Gasteiger partial charge in [0.2, 0.25) is 11.7 Å². The fourth-order valence-electron chi connectivity index (χ4n) is 1.74. The third kappa shape index (κ3) is 5.44. The largest absolute Gasteiger partial charge is 0.475 e. The summed E-state index contributed by atoms with van der Waals surface area (Å²) >= 11 is 0. The topological polar surface area (TPSA) is 91.6 Å². The highest BCUT2D eigenvalue weighted by molar-refractivity contribution is 5.86. The molecule has 0 radical (unpaired) electrons. The number of carboxylic acid groups (broad SMARTS) is 1. The van der Waals surface area contributed by atoms with Crippen LogP contribution in [0.2, 0.25) is 0 Å². The van der Waals surface area contributed by atoms with E-state index in [0.29, 0.717) is 30.8 Å². The number of carboxylic acids is 1. The van der Waals surface area contributed by atoms with Crippen LogP contribution >= 0.6 is 0 Å². The molecule has 0 bridgehead atoms. The average molecular weight is 282 g/mol. The Hall–Kier alpha value is -1.82. The van der Waals surface area contributed by atoms with Crippen LogP contribution in [-0.4, -0.2) is 29.1 Å². The summed E-state index contributed by atoms with van der Waals surface area (Å²) in [6, 6.07) is 1.69. The summed E-state index contributed by atoms with van der Waals surface area (Å²) < 4.78 is 5.20. The van der Waals surface area contributed by atoms with Gasteiger partial charge in [-0.05, 0) is 33.8 Å². The van der Waals surface area contributed by atoms with Crippen molar-refractivity contribution >= 4 is 11.9 Å². The Balaban J connectivity index is 2.33. The van der Waals surface area contributed by atoms with E-state index in [9.17, 15) is 9.59 Å². The molecule has 112 valence electrons. The van der Waals surface area contributed by atoms with Crippen molar-refractivity contribution in [2.45, 2.75) is 46.2 Å². The minimum atomic E-state index is -1.07. The predicted octanol–water partition coefficient (Wildman–Crippen LogP) is 1.68. The number of carbonyl (C=O) groups is 2. The fourth-order valence-corrected chi connectivity index (χ4v) is 1.74. The van der Waals surface area contributed by atoms with Crippen LogP contribution in [0, 0.1) is 6.92 Å². The SMILES string of the molecule is Cc1cc(CNCCC(=O)NC(C)(C)C)oc1C(=O)O. The molecule has 6 nitrogen and oxygen atoms in total. The Morgan fingerprint density at radius 3 is 2.50 bits per heavy atom. The lowest BCUT2D eigenvalue weighted by Gasteiger charge is -2.20. The number of nitrogens with one attached hydrogen (secondary N) is 2. The van der Waals surface area contributed by atoms with Crippen molar-refractivity contribution in [1.29, 1.82) is 0 Å². The van der Waals surface area contributed by atoms with Crippen LogP contribution in [0.5, 0.6) is 0 Å².